The van der Waals surface area contributed by atoms with Crippen LogP contribution >= 0.6 is 0 Å². The Kier molecular flexibility index (Phi) is 6.99. The number of carboxylic acid groups (broad SMARTS) is 1. The number of carbonyl (C=O) groups is 2. The summed E-state index contributed by atoms with van der Waals surface area (Å²) in [6.45, 7) is 8.65. The van der Waals surface area contributed by atoms with Crippen molar-refractivity contribution in [3.05, 3.63) is 0 Å². The lowest BCUT2D eigenvalue weighted by Crippen LogP contribution is -2.51. The lowest BCUT2D eigenvalue weighted by atomic mass is 9.92. The molecule has 1 heterocycles. The van der Waals surface area contributed by atoms with Crippen LogP contribution in [0.5, 0.6) is 0 Å². The van der Waals surface area contributed by atoms with Gasteiger partial charge in [0.25, 0.3) is 0 Å². The molecule has 2 atom stereocenters. The van der Waals surface area contributed by atoms with Gasteiger partial charge in [0.05, 0.1) is 6.54 Å². The minimum atomic E-state index is -0.804. The average molecular weight is 284 g/mol. The van der Waals surface area contributed by atoms with Crippen molar-refractivity contribution in [2.45, 2.75) is 52.5 Å². The van der Waals surface area contributed by atoms with E-state index >= 15 is 0 Å². The first-order valence-corrected chi connectivity index (χ1v) is 7.74. The number of likely N-dealkylation sites (tertiary alicyclic amines) is 1. The van der Waals surface area contributed by atoms with Gasteiger partial charge in [0, 0.05) is 13.1 Å². The number of piperidine rings is 1. The van der Waals surface area contributed by atoms with Crippen LogP contribution in [0.25, 0.3) is 0 Å². The zero-order valence-electron chi connectivity index (χ0n) is 13.0. The Hall–Kier alpha value is -1.10. The third kappa shape index (κ3) is 4.78. The maximum absolute atomic E-state index is 12.3. The first kappa shape index (κ1) is 17.0. The van der Waals surface area contributed by atoms with Crippen LogP contribution in [0.1, 0.15) is 46.5 Å². The van der Waals surface area contributed by atoms with E-state index in [-0.39, 0.29) is 12.5 Å². The third-order valence-electron chi connectivity index (χ3n) is 3.94. The van der Waals surface area contributed by atoms with Gasteiger partial charge in [0.2, 0.25) is 5.91 Å². The Morgan fingerprint density at radius 1 is 1.25 bits per heavy atom. The standard InChI is InChI=1S/C15H28N2O3/c1-4-7-16(8-5-2)14(18)11-17-9-6-12(3)10-13(17)15(19)20/h12-13H,4-11H2,1-3H3,(H,19,20). The number of hydrogen-bond acceptors (Lipinski definition) is 3. The molecule has 116 valence electrons. The van der Waals surface area contributed by atoms with Crippen molar-refractivity contribution in [1.29, 1.82) is 0 Å². The van der Waals surface area contributed by atoms with Gasteiger partial charge in [-0.15, -0.1) is 0 Å². The fourth-order valence-electron chi connectivity index (χ4n) is 2.81. The van der Waals surface area contributed by atoms with Gasteiger partial charge in [-0.25, -0.2) is 0 Å². The number of hydrogen-bond donors (Lipinski definition) is 1. The molecule has 0 aliphatic carbocycles. The summed E-state index contributed by atoms with van der Waals surface area (Å²) in [6, 6.07) is -0.507. The van der Waals surface area contributed by atoms with E-state index in [0.29, 0.717) is 18.9 Å². The van der Waals surface area contributed by atoms with Gasteiger partial charge >= 0.3 is 5.97 Å². The van der Waals surface area contributed by atoms with E-state index in [1.54, 1.807) is 0 Å². The molecule has 0 radical (unpaired) electrons. The molecular weight excluding hydrogens is 256 g/mol. The number of rotatable bonds is 7. The van der Waals surface area contributed by atoms with Gasteiger partial charge in [-0.05, 0) is 38.1 Å². The maximum atomic E-state index is 12.3. The Labute approximate surface area is 121 Å². The summed E-state index contributed by atoms with van der Waals surface area (Å²) in [5.74, 6) is -0.318. The van der Waals surface area contributed by atoms with E-state index in [1.807, 2.05) is 9.80 Å². The maximum Gasteiger partial charge on any atom is 0.320 e. The fourth-order valence-corrected chi connectivity index (χ4v) is 2.81. The first-order valence-electron chi connectivity index (χ1n) is 7.74. The normalized spacial score (nSPS) is 23.6. The molecule has 1 fully saturated rings. The first-order chi connectivity index (χ1) is 9.49. The summed E-state index contributed by atoms with van der Waals surface area (Å²) in [5.41, 5.74) is 0. The molecule has 5 nitrogen and oxygen atoms in total. The second-order valence-electron chi connectivity index (χ2n) is 5.83. The zero-order valence-corrected chi connectivity index (χ0v) is 13.0. The van der Waals surface area contributed by atoms with Crippen LogP contribution in [0, 0.1) is 5.92 Å². The molecule has 1 aliphatic heterocycles. The van der Waals surface area contributed by atoms with Crippen molar-refractivity contribution in [2.24, 2.45) is 5.92 Å². The topological polar surface area (TPSA) is 60.9 Å². The van der Waals surface area contributed by atoms with E-state index in [2.05, 4.69) is 20.8 Å². The fraction of sp³-hybridized carbons (Fsp3) is 0.867. The molecule has 5 heteroatoms. The molecule has 1 aliphatic rings. The van der Waals surface area contributed by atoms with Gasteiger partial charge in [-0.3, -0.25) is 14.5 Å². The molecule has 0 aromatic heterocycles. The zero-order chi connectivity index (χ0) is 15.1. The Morgan fingerprint density at radius 3 is 2.35 bits per heavy atom. The minimum Gasteiger partial charge on any atom is -0.480 e. The molecule has 0 aromatic rings. The molecule has 1 rings (SSSR count). The van der Waals surface area contributed by atoms with Crippen LogP contribution in [0.2, 0.25) is 0 Å². The highest BCUT2D eigenvalue weighted by molar-refractivity contribution is 5.80. The smallest absolute Gasteiger partial charge is 0.320 e. The number of nitrogens with zero attached hydrogens (tertiary/aromatic N) is 2. The summed E-state index contributed by atoms with van der Waals surface area (Å²) < 4.78 is 0. The van der Waals surface area contributed by atoms with Crippen LogP contribution in [0.15, 0.2) is 0 Å². The van der Waals surface area contributed by atoms with Gasteiger partial charge in [0.1, 0.15) is 6.04 Å². The Balaban J connectivity index is 2.63. The predicted molar refractivity (Wildman–Crippen MR) is 78.6 cm³/mol. The monoisotopic (exact) mass is 284 g/mol. The van der Waals surface area contributed by atoms with Crippen molar-refractivity contribution >= 4 is 11.9 Å². The second kappa shape index (κ2) is 8.25. The summed E-state index contributed by atoms with van der Waals surface area (Å²) >= 11 is 0. The van der Waals surface area contributed by atoms with Crippen LogP contribution < -0.4 is 0 Å². The number of aliphatic carboxylic acids is 1. The van der Waals surface area contributed by atoms with Crippen LogP contribution in [-0.4, -0.2) is 59.0 Å². The van der Waals surface area contributed by atoms with Gasteiger partial charge in [-0.1, -0.05) is 20.8 Å². The molecule has 1 saturated heterocycles. The third-order valence-corrected chi connectivity index (χ3v) is 3.94. The molecule has 0 spiro atoms. The molecular formula is C15H28N2O3. The van der Waals surface area contributed by atoms with Crippen molar-refractivity contribution in [1.82, 2.24) is 9.80 Å². The SMILES string of the molecule is CCCN(CCC)C(=O)CN1CCC(C)CC1C(=O)O. The largest absolute Gasteiger partial charge is 0.480 e. The van der Waals surface area contributed by atoms with E-state index in [1.165, 1.54) is 0 Å². The van der Waals surface area contributed by atoms with Crippen molar-refractivity contribution in [3.63, 3.8) is 0 Å². The van der Waals surface area contributed by atoms with Crippen molar-refractivity contribution < 1.29 is 14.7 Å². The van der Waals surface area contributed by atoms with E-state index in [0.717, 1.165) is 32.4 Å². The molecule has 0 saturated carbocycles. The summed E-state index contributed by atoms with van der Waals surface area (Å²) in [5, 5.41) is 9.32. The van der Waals surface area contributed by atoms with Gasteiger partial charge in [-0.2, -0.15) is 0 Å². The summed E-state index contributed by atoms with van der Waals surface area (Å²) in [4.78, 5) is 27.4. The predicted octanol–water partition coefficient (Wildman–Crippen LogP) is 1.82. The molecule has 2 unspecified atom stereocenters. The van der Waals surface area contributed by atoms with Gasteiger partial charge < -0.3 is 10.0 Å². The molecule has 0 bridgehead atoms. The van der Waals surface area contributed by atoms with Crippen molar-refractivity contribution in [3.8, 4) is 0 Å². The molecule has 20 heavy (non-hydrogen) atoms. The Morgan fingerprint density at radius 2 is 1.85 bits per heavy atom. The van der Waals surface area contributed by atoms with Crippen LogP contribution in [-0.2, 0) is 9.59 Å². The lowest BCUT2D eigenvalue weighted by molar-refractivity contribution is -0.147. The minimum absolute atomic E-state index is 0.0644. The molecule has 0 aromatic carbocycles. The second-order valence-corrected chi connectivity index (χ2v) is 5.83. The lowest BCUT2D eigenvalue weighted by Gasteiger charge is -2.36. The average Bonchev–Trinajstić information content (AvgIpc) is 2.40. The molecule has 1 amide bonds. The highest BCUT2D eigenvalue weighted by atomic mass is 16.4. The number of amides is 1. The summed E-state index contributed by atoms with van der Waals surface area (Å²) in [6.07, 6.45) is 3.49. The summed E-state index contributed by atoms with van der Waals surface area (Å²) in [7, 11) is 0. The molecule has 1 N–H and O–H groups in total. The highest BCUT2D eigenvalue weighted by Gasteiger charge is 2.33. The van der Waals surface area contributed by atoms with E-state index in [4.69, 9.17) is 0 Å². The Bertz CT molecular complexity index is 327. The van der Waals surface area contributed by atoms with Gasteiger partial charge in [0.15, 0.2) is 0 Å². The van der Waals surface area contributed by atoms with Crippen molar-refractivity contribution in [2.75, 3.05) is 26.2 Å². The quantitative estimate of drug-likeness (QED) is 0.774. The van der Waals surface area contributed by atoms with E-state index < -0.39 is 12.0 Å². The van der Waals surface area contributed by atoms with E-state index in [9.17, 15) is 14.7 Å². The van der Waals surface area contributed by atoms with Crippen LogP contribution in [0.3, 0.4) is 0 Å². The highest BCUT2D eigenvalue weighted by Crippen LogP contribution is 2.22. The number of carboxylic acids is 1. The number of carbonyl (C=O) groups excluding carboxylic acids is 1. The van der Waals surface area contributed by atoms with Crippen LogP contribution in [0.4, 0.5) is 0 Å².